The van der Waals surface area contributed by atoms with E-state index in [0.29, 0.717) is 0 Å². The first-order valence-electron chi connectivity index (χ1n) is 18.7. The summed E-state index contributed by atoms with van der Waals surface area (Å²) in [6.07, 6.45) is 2.15. The van der Waals surface area contributed by atoms with Crippen LogP contribution in [-0.2, 0) is 0 Å². The number of para-hydroxylation sites is 1. The molecule has 250 valence electrons. The van der Waals surface area contributed by atoms with E-state index in [1.165, 1.54) is 91.4 Å². The van der Waals surface area contributed by atoms with E-state index in [1.54, 1.807) is 0 Å². The van der Waals surface area contributed by atoms with Crippen LogP contribution in [0.25, 0.3) is 81.8 Å². The average molecular weight is 701 g/mol. The Balaban J connectivity index is 1.24. The molecule has 0 radical (unpaired) electrons. The van der Waals surface area contributed by atoms with E-state index in [-0.39, 0.29) is 0 Å². The lowest BCUT2D eigenvalue weighted by Gasteiger charge is -2.31. The van der Waals surface area contributed by atoms with E-state index in [4.69, 9.17) is 4.98 Å². The Morgan fingerprint density at radius 2 is 0.926 bits per heavy atom. The predicted molar refractivity (Wildman–Crippen MR) is 231 cm³/mol. The summed E-state index contributed by atoms with van der Waals surface area (Å²) in [7, 11) is -2.78. The zero-order valence-corrected chi connectivity index (χ0v) is 30.4. The standard InChI is InChI=1S/C51H32N2Si/c1-3-15-34(16-4-1)54(35-17-5-2-6-18-35)48-26-14-12-24-42(48)43-29-30-44-49(51(43)54)52-32-46-41-23-11-13-25-47(41)53(50(44)46)33-27-28-40-38-21-8-7-19-36(38)37-20-9-10-22-39(37)45(40)31-33/h1-32H. The number of nitrogens with zero attached hydrogens (tertiary/aromatic N) is 2. The molecular weight excluding hydrogens is 669 g/mol. The monoisotopic (exact) mass is 700 g/mol. The predicted octanol–water partition coefficient (Wildman–Crippen LogP) is 10.1. The summed E-state index contributed by atoms with van der Waals surface area (Å²) in [6, 6.07) is 69.9. The fourth-order valence-corrected chi connectivity index (χ4v) is 15.3. The number of rotatable bonds is 3. The highest BCUT2D eigenvalue weighted by Gasteiger charge is 2.50. The Morgan fingerprint density at radius 1 is 0.389 bits per heavy atom. The van der Waals surface area contributed by atoms with Gasteiger partial charge in [0.15, 0.2) is 8.07 Å². The molecule has 0 spiro atoms. The van der Waals surface area contributed by atoms with Crippen molar-refractivity contribution in [3.63, 3.8) is 0 Å². The quantitative estimate of drug-likeness (QED) is 0.133. The molecule has 0 aliphatic carbocycles. The third-order valence-corrected chi connectivity index (χ3v) is 17.0. The van der Waals surface area contributed by atoms with Gasteiger partial charge in [-0.1, -0.05) is 170 Å². The Hall–Kier alpha value is -6.81. The average Bonchev–Trinajstić information content (AvgIpc) is 3.76. The molecule has 3 heterocycles. The molecule has 0 amide bonds. The molecule has 1 aliphatic rings. The SMILES string of the molecule is c1ccc([Si]2(c3ccccc3)c3ccccc3-c3ccc4c(ncc5c6ccccc6n(-c6ccc7c8ccccc8c8ccccc8c7c6)c45)c32)cc1. The van der Waals surface area contributed by atoms with E-state index >= 15 is 0 Å². The van der Waals surface area contributed by atoms with Gasteiger partial charge in [-0.3, -0.25) is 4.98 Å². The number of hydrogen-bond donors (Lipinski definition) is 0. The van der Waals surface area contributed by atoms with Gasteiger partial charge in [0.2, 0.25) is 0 Å². The van der Waals surface area contributed by atoms with Crippen LogP contribution in [0.2, 0.25) is 0 Å². The lowest BCUT2D eigenvalue weighted by atomic mass is 9.94. The van der Waals surface area contributed by atoms with E-state index in [0.717, 1.165) is 11.2 Å². The molecule has 0 fully saturated rings. The number of aromatic nitrogens is 2. The second-order valence-electron chi connectivity index (χ2n) is 14.6. The minimum absolute atomic E-state index is 1.09. The Bertz CT molecular complexity index is 3250. The zero-order valence-electron chi connectivity index (χ0n) is 29.4. The van der Waals surface area contributed by atoms with Gasteiger partial charge in [0, 0.05) is 28.0 Å². The van der Waals surface area contributed by atoms with Crippen LogP contribution in [0.15, 0.2) is 194 Å². The van der Waals surface area contributed by atoms with Crippen LogP contribution in [0.3, 0.4) is 0 Å². The second kappa shape index (κ2) is 11.1. The number of hydrogen-bond acceptors (Lipinski definition) is 1. The number of benzene rings is 9. The van der Waals surface area contributed by atoms with Crippen molar-refractivity contribution in [2.45, 2.75) is 0 Å². The normalized spacial score (nSPS) is 13.3. The van der Waals surface area contributed by atoms with Crippen molar-refractivity contribution in [3.8, 4) is 16.8 Å². The molecule has 12 rings (SSSR count). The molecule has 2 aromatic heterocycles. The van der Waals surface area contributed by atoms with E-state index < -0.39 is 8.07 Å². The van der Waals surface area contributed by atoms with Crippen molar-refractivity contribution in [1.82, 2.24) is 9.55 Å². The van der Waals surface area contributed by atoms with Gasteiger partial charge >= 0.3 is 0 Å². The molecule has 11 aromatic rings. The van der Waals surface area contributed by atoms with Gasteiger partial charge < -0.3 is 4.57 Å². The van der Waals surface area contributed by atoms with E-state index in [9.17, 15) is 0 Å². The summed E-state index contributed by atoms with van der Waals surface area (Å²) < 4.78 is 2.50. The first-order valence-corrected chi connectivity index (χ1v) is 20.7. The molecular formula is C51H32N2Si. The van der Waals surface area contributed by atoms with Crippen molar-refractivity contribution in [2.75, 3.05) is 0 Å². The first kappa shape index (κ1) is 29.7. The molecule has 0 saturated carbocycles. The first-order chi connectivity index (χ1) is 26.8. The fourth-order valence-electron chi connectivity index (χ4n) is 9.94. The molecule has 2 nitrogen and oxygen atoms in total. The summed E-state index contributed by atoms with van der Waals surface area (Å²) >= 11 is 0. The van der Waals surface area contributed by atoms with E-state index in [2.05, 4.69) is 199 Å². The van der Waals surface area contributed by atoms with Gasteiger partial charge in [0.1, 0.15) is 0 Å². The van der Waals surface area contributed by atoms with Crippen molar-refractivity contribution in [2.24, 2.45) is 0 Å². The topological polar surface area (TPSA) is 17.8 Å². The minimum atomic E-state index is -2.78. The molecule has 3 heteroatoms. The Morgan fingerprint density at radius 3 is 1.61 bits per heavy atom. The molecule has 0 atom stereocenters. The van der Waals surface area contributed by atoms with Crippen LogP contribution in [0.4, 0.5) is 0 Å². The molecule has 0 saturated heterocycles. The summed E-state index contributed by atoms with van der Waals surface area (Å²) in [5.41, 5.74) is 7.26. The van der Waals surface area contributed by atoms with Crippen LogP contribution in [0, 0.1) is 0 Å². The highest BCUT2D eigenvalue weighted by Crippen LogP contribution is 2.41. The maximum absolute atomic E-state index is 5.51. The molecule has 1 aliphatic heterocycles. The minimum Gasteiger partial charge on any atom is -0.308 e. The van der Waals surface area contributed by atoms with Crippen molar-refractivity contribution in [3.05, 3.63) is 194 Å². The Kier molecular flexibility index (Phi) is 6.11. The third-order valence-electron chi connectivity index (χ3n) is 12.1. The van der Waals surface area contributed by atoms with Crippen LogP contribution in [0.1, 0.15) is 0 Å². The van der Waals surface area contributed by atoms with E-state index in [1.807, 2.05) is 0 Å². The summed E-state index contributed by atoms with van der Waals surface area (Å²) in [4.78, 5) is 5.51. The molecule has 54 heavy (non-hydrogen) atoms. The van der Waals surface area contributed by atoms with Crippen molar-refractivity contribution >= 4 is 93.8 Å². The highest BCUT2D eigenvalue weighted by atomic mass is 28.3. The van der Waals surface area contributed by atoms with Crippen molar-refractivity contribution in [1.29, 1.82) is 0 Å². The zero-order chi connectivity index (χ0) is 35.4. The lowest BCUT2D eigenvalue weighted by Crippen LogP contribution is -2.73. The van der Waals surface area contributed by atoms with Crippen molar-refractivity contribution < 1.29 is 0 Å². The van der Waals surface area contributed by atoms with Gasteiger partial charge in [0.05, 0.1) is 16.6 Å². The third kappa shape index (κ3) is 3.81. The number of pyridine rings is 1. The fraction of sp³-hybridized carbons (Fsp3) is 0. The smallest absolute Gasteiger partial charge is 0.183 e. The molecule has 0 bridgehead atoms. The lowest BCUT2D eigenvalue weighted by molar-refractivity contribution is 1.19. The number of fused-ring (bicyclic) bond motifs is 15. The van der Waals surface area contributed by atoms with Gasteiger partial charge in [-0.25, -0.2) is 0 Å². The van der Waals surface area contributed by atoms with Gasteiger partial charge in [-0.2, -0.15) is 0 Å². The van der Waals surface area contributed by atoms with Crippen LogP contribution in [-0.4, -0.2) is 17.6 Å². The second-order valence-corrected chi connectivity index (χ2v) is 18.3. The van der Waals surface area contributed by atoms with Gasteiger partial charge in [0.25, 0.3) is 0 Å². The Labute approximate surface area is 313 Å². The van der Waals surface area contributed by atoms with Gasteiger partial charge in [-0.05, 0) is 82.4 Å². The molecule has 9 aromatic carbocycles. The summed E-state index contributed by atoms with van der Waals surface area (Å²) in [5.74, 6) is 0. The summed E-state index contributed by atoms with van der Waals surface area (Å²) in [5, 5.41) is 16.8. The van der Waals surface area contributed by atoms with Gasteiger partial charge in [-0.15, -0.1) is 0 Å². The summed E-state index contributed by atoms with van der Waals surface area (Å²) in [6.45, 7) is 0. The maximum atomic E-state index is 5.51. The van der Waals surface area contributed by atoms with Crippen LogP contribution < -0.4 is 20.7 Å². The largest absolute Gasteiger partial charge is 0.308 e. The highest BCUT2D eigenvalue weighted by molar-refractivity contribution is 7.23. The maximum Gasteiger partial charge on any atom is 0.183 e. The molecule has 0 unspecified atom stereocenters. The molecule has 0 N–H and O–H groups in total. The van der Waals surface area contributed by atoms with Crippen LogP contribution >= 0.6 is 0 Å². The van der Waals surface area contributed by atoms with Crippen LogP contribution in [0.5, 0.6) is 0 Å².